The molecular weight excluding hydrogens is 350 g/mol. The van der Waals surface area contributed by atoms with Gasteiger partial charge in [0, 0.05) is 16.4 Å². The predicted octanol–water partition coefficient (Wildman–Crippen LogP) is 5.11. The zero-order chi connectivity index (χ0) is 18.5. The summed E-state index contributed by atoms with van der Waals surface area (Å²) >= 11 is 6.15. The maximum Gasteiger partial charge on any atom is 0.249 e. The van der Waals surface area contributed by atoms with Crippen LogP contribution in [0.3, 0.4) is 0 Å². The van der Waals surface area contributed by atoms with E-state index in [-0.39, 0.29) is 6.10 Å². The molecule has 0 aliphatic carbocycles. The Labute approximate surface area is 157 Å². The van der Waals surface area contributed by atoms with Crippen LogP contribution < -0.4 is 15.4 Å². The van der Waals surface area contributed by atoms with Gasteiger partial charge in [0.15, 0.2) is 5.82 Å². The second-order valence-corrected chi connectivity index (χ2v) is 6.48. The average Bonchev–Trinajstić information content (AvgIpc) is 2.60. The summed E-state index contributed by atoms with van der Waals surface area (Å²) < 4.78 is 5.63. The maximum atomic E-state index is 6.15. The molecule has 3 aromatic rings. The van der Waals surface area contributed by atoms with Gasteiger partial charge in [-0.15, -0.1) is 5.10 Å². The van der Waals surface area contributed by atoms with Gasteiger partial charge in [0.2, 0.25) is 5.95 Å². The summed E-state index contributed by atoms with van der Waals surface area (Å²) in [5.74, 6) is 1.78. The van der Waals surface area contributed by atoms with Crippen LogP contribution in [0, 0.1) is 6.92 Å². The molecule has 2 N–H and O–H groups in total. The van der Waals surface area contributed by atoms with Crippen molar-refractivity contribution in [2.24, 2.45) is 0 Å². The van der Waals surface area contributed by atoms with E-state index in [1.165, 1.54) is 0 Å². The van der Waals surface area contributed by atoms with Crippen molar-refractivity contribution in [3.05, 3.63) is 59.2 Å². The molecule has 0 aliphatic heterocycles. The number of anilines is 4. The van der Waals surface area contributed by atoms with Gasteiger partial charge in [0.05, 0.1) is 12.3 Å². The second-order valence-electron chi connectivity index (χ2n) is 6.07. The first-order valence-corrected chi connectivity index (χ1v) is 8.64. The lowest BCUT2D eigenvalue weighted by atomic mass is 10.2. The molecule has 2 aromatic carbocycles. The quantitative estimate of drug-likeness (QED) is 0.629. The van der Waals surface area contributed by atoms with Crippen molar-refractivity contribution in [2.45, 2.75) is 26.9 Å². The minimum Gasteiger partial charge on any atom is -0.491 e. The van der Waals surface area contributed by atoms with E-state index in [4.69, 9.17) is 16.3 Å². The highest BCUT2D eigenvalue weighted by molar-refractivity contribution is 6.31. The number of halogens is 1. The number of nitrogens with zero attached hydrogens (tertiary/aromatic N) is 3. The van der Waals surface area contributed by atoms with Crippen LogP contribution >= 0.6 is 11.6 Å². The Hall–Kier alpha value is -2.86. The molecule has 0 saturated carbocycles. The minimum absolute atomic E-state index is 0.138. The Kier molecular flexibility index (Phi) is 5.53. The highest BCUT2D eigenvalue weighted by atomic mass is 35.5. The van der Waals surface area contributed by atoms with Gasteiger partial charge in [-0.1, -0.05) is 17.7 Å². The van der Waals surface area contributed by atoms with Crippen LogP contribution in [0.1, 0.15) is 19.4 Å². The van der Waals surface area contributed by atoms with Crippen LogP contribution in [-0.4, -0.2) is 21.3 Å². The standard InChI is InChI=1S/C19H20ClN5O/c1-12(2)26-16-8-6-14(7-9-16)23-19-24-18(11-21-25-19)22-15-5-4-13(3)17(20)10-15/h4-12H,1-3H3,(H2,22,23,24,25). The zero-order valence-corrected chi connectivity index (χ0v) is 15.6. The minimum atomic E-state index is 0.138. The van der Waals surface area contributed by atoms with E-state index in [2.05, 4.69) is 25.8 Å². The van der Waals surface area contributed by atoms with E-state index >= 15 is 0 Å². The average molecular weight is 370 g/mol. The first kappa shape index (κ1) is 17.9. The number of rotatable bonds is 6. The molecule has 0 bridgehead atoms. The van der Waals surface area contributed by atoms with Crippen molar-refractivity contribution >= 4 is 34.7 Å². The SMILES string of the molecule is Cc1ccc(Nc2cnnc(Nc3ccc(OC(C)C)cc3)n2)cc1Cl. The Morgan fingerprint density at radius 2 is 1.73 bits per heavy atom. The fourth-order valence-corrected chi connectivity index (χ4v) is 2.43. The van der Waals surface area contributed by atoms with Crippen molar-refractivity contribution in [3.8, 4) is 5.75 Å². The number of hydrogen-bond donors (Lipinski definition) is 2. The molecule has 3 rings (SSSR count). The molecule has 0 aliphatic rings. The summed E-state index contributed by atoms with van der Waals surface area (Å²) in [5, 5.41) is 15.0. The first-order chi connectivity index (χ1) is 12.5. The Balaban J connectivity index is 1.69. The van der Waals surface area contributed by atoms with Gasteiger partial charge in [-0.25, -0.2) is 0 Å². The van der Waals surface area contributed by atoms with Gasteiger partial charge < -0.3 is 15.4 Å². The first-order valence-electron chi connectivity index (χ1n) is 8.26. The van der Waals surface area contributed by atoms with E-state index in [0.29, 0.717) is 16.8 Å². The van der Waals surface area contributed by atoms with E-state index in [0.717, 1.165) is 22.7 Å². The maximum absolute atomic E-state index is 6.15. The van der Waals surface area contributed by atoms with Crippen LogP contribution in [0.2, 0.25) is 5.02 Å². The largest absolute Gasteiger partial charge is 0.491 e. The second kappa shape index (κ2) is 8.01. The summed E-state index contributed by atoms with van der Waals surface area (Å²) in [5.41, 5.74) is 2.70. The molecule has 0 spiro atoms. The summed E-state index contributed by atoms with van der Waals surface area (Å²) in [6, 6.07) is 13.3. The van der Waals surface area contributed by atoms with Crippen LogP contribution in [-0.2, 0) is 0 Å². The topological polar surface area (TPSA) is 72.0 Å². The van der Waals surface area contributed by atoms with Gasteiger partial charge in [0.25, 0.3) is 0 Å². The van der Waals surface area contributed by atoms with Crippen molar-refractivity contribution in [3.63, 3.8) is 0 Å². The van der Waals surface area contributed by atoms with Gasteiger partial charge in [-0.05, 0) is 62.7 Å². The molecule has 6 nitrogen and oxygen atoms in total. The lowest BCUT2D eigenvalue weighted by Crippen LogP contribution is -2.05. The summed E-state index contributed by atoms with van der Waals surface area (Å²) in [7, 11) is 0. The van der Waals surface area contributed by atoms with Gasteiger partial charge in [-0.3, -0.25) is 0 Å². The summed E-state index contributed by atoms with van der Waals surface area (Å²) in [6.07, 6.45) is 1.69. The van der Waals surface area contributed by atoms with Gasteiger partial charge >= 0.3 is 0 Å². The summed E-state index contributed by atoms with van der Waals surface area (Å²) in [6.45, 7) is 5.94. The number of benzene rings is 2. The van der Waals surface area contributed by atoms with Gasteiger partial charge in [-0.2, -0.15) is 10.1 Å². The van der Waals surface area contributed by atoms with Crippen molar-refractivity contribution < 1.29 is 4.74 Å². The van der Waals surface area contributed by atoms with Crippen LogP contribution in [0.15, 0.2) is 48.7 Å². The molecule has 0 saturated heterocycles. The molecule has 0 unspecified atom stereocenters. The predicted molar refractivity (Wildman–Crippen MR) is 105 cm³/mol. The van der Waals surface area contributed by atoms with Crippen LogP contribution in [0.5, 0.6) is 5.75 Å². The molecule has 1 aromatic heterocycles. The molecule has 26 heavy (non-hydrogen) atoms. The van der Waals surface area contributed by atoms with Crippen LogP contribution in [0.25, 0.3) is 0 Å². The normalized spacial score (nSPS) is 10.7. The molecule has 0 atom stereocenters. The third-order valence-electron chi connectivity index (χ3n) is 3.49. The van der Waals surface area contributed by atoms with E-state index in [1.807, 2.05) is 63.2 Å². The van der Waals surface area contributed by atoms with E-state index < -0.39 is 0 Å². The molecule has 0 amide bonds. The highest BCUT2D eigenvalue weighted by Crippen LogP contribution is 2.23. The Bertz CT molecular complexity index is 883. The molecule has 0 fully saturated rings. The third kappa shape index (κ3) is 4.83. The number of aromatic nitrogens is 3. The smallest absolute Gasteiger partial charge is 0.249 e. The fourth-order valence-electron chi connectivity index (χ4n) is 2.25. The number of hydrogen-bond acceptors (Lipinski definition) is 6. The zero-order valence-electron chi connectivity index (χ0n) is 14.8. The van der Waals surface area contributed by atoms with E-state index in [1.54, 1.807) is 6.20 Å². The lowest BCUT2D eigenvalue weighted by molar-refractivity contribution is 0.242. The molecule has 7 heteroatoms. The monoisotopic (exact) mass is 369 g/mol. The number of nitrogens with one attached hydrogen (secondary N) is 2. The summed E-state index contributed by atoms with van der Waals surface area (Å²) in [4.78, 5) is 4.42. The highest BCUT2D eigenvalue weighted by Gasteiger charge is 2.04. The van der Waals surface area contributed by atoms with Crippen molar-refractivity contribution in [1.82, 2.24) is 15.2 Å². The molecule has 0 radical (unpaired) electrons. The fraction of sp³-hybridized carbons (Fsp3) is 0.211. The molecule has 1 heterocycles. The van der Waals surface area contributed by atoms with E-state index in [9.17, 15) is 0 Å². The number of aryl methyl sites for hydroxylation is 1. The lowest BCUT2D eigenvalue weighted by Gasteiger charge is -2.11. The van der Waals surface area contributed by atoms with Gasteiger partial charge in [0.1, 0.15) is 5.75 Å². The van der Waals surface area contributed by atoms with Crippen LogP contribution in [0.4, 0.5) is 23.1 Å². The molecule has 134 valence electrons. The Morgan fingerprint density at radius 1 is 1.00 bits per heavy atom. The number of ether oxygens (including phenoxy) is 1. The van der Waals surface area contributed by atoms with Crippen molar-refractivity contribution in [2.75, 3.05) is 10.6 Å². The van der Waals surface area contributed by atoms with Crippen molar-refractivity contribution in [1.29, 1.82) is 0 Å². The molecular formula is C19H20ClN5O. The third-order valence-corrected chi connectivity index (χ3v) is 3.89. The Morgan fingerprint density at radius 3 is 2.42 bits per heavy atom.